The molecule has 63 heavy (non-hydrogen) atoms. The van der Waals surface area contributed by atoms with Gasteiger partial charge < -0.3 is 40.2 Å². The molecule has 4 heterocycles. The van der Waals surface area contributed by atoms with Crippen LogP contribution in [0.1, 0.15) is 106 Å². The van der Waals surface area contributed by atoms with Gasteiger partial charge in [-0.25, -0.2) is 19.6 Å². The van der Waals surface area contributed by atoms with Crippen molar-refractivity contribution in [3.05, 3.63) is 28.6 Å². The Morgan fingerprint density at radius 3 is 2.44 bits per heavy atom. The molecule has 7 atom stereocenters. The van der Waals surface area contributed by atoms with Crippen molar-refractivity contribution in [1.82, 2.24) is 30.4 Å². The third kappa shape index (κ3) is 10.8. The topological polar surface area (TPSA) is 185 Å². The third-order valence-corrected chi connectivity index (χ3v) is 14.0. The summed E-state index contributed by atoms with van der Waals surface area (Å²) in [5, 5.41) is 22.8. The molecule has 1 unspecified atom stereocenters. The number of amides is 3. The van der Waals surface area contributed by atoms with Crippen LogP contribution in [-0.2, 0) is 19.1 Å². The van der Waals surface area contributed by atoms with Crippen LogP contribution in [0.25, 0.3) is 22.3 Å². The summed E-state index contributed by atoms with van der Waals surface area (Å²) in [5.41, 5.74) is -0.646. The quantitative estimate of drug-likeness (QED) is 0.110. The smallest absolute Gasteiger partial charge is 0.408 e. The number of pyridine rings is 1. The van der Waals surface area contributed by atoms with Crippen LogP contribution in [0.2, 0.25) is 5.02 Å². The van der Waals surface area contributed by atoms with E-state index >= 15 is 0 Å². The number of anilines is 1. The molecule has 2 saturated carbocycles. The molecule has 4 N–H and O–H groups in total. The Morgan fingerprint density at radius 2 is 1.79 bits per heavy atom. The van der Waals surface area contributed by atoms with Crippen LogP contribution in [0, 0.1) is 17.3 Å². The molecule has 2 saturated heterocycles. The highest BCUT2D eigenvalue weighted by Crippen LogP contribution is 2.47. The number of carbonyl (C=O) groups excluding carboxylic acids is 3. The van der Waals surface area contributed by atoms with Crippen LogP contribution >= 0.6 is 22.9 Å². The summed E-state index contributed by atoms with van der Waals surface area (Å²) < 4.78 is 18.8. The number of alkyl carbamates (subject to hydrolysis) is 1. The maximum absolute atomic E-state index is 14.8. The summed E-state index contributed by atoms with van der Waals surface area (Å²) >= 11 is 8.58. The molecule has 0 spiro atoms. The van der Waals surface area contributed by atoms with E-state index in [0.717, 1.165) is 44.0 Å². The summed E-state index contributed by atoms with van der Waals surface area (Å²) in [6.45, 7) is 16.9. The zero-order chi connectivity index (χ0) is 45.2. The maximum Gasteiger partial charge on any atom is 0.408 e. The molecule has 2 aromatic heterocycles. The van der Waals surface area contributed by atoms with Crippen LogP contribution in [0.4, 0.5) is 9.93 Å². The Bertz CT molecular complexity index is 2160. The van der Waals surface area contributed by atoms with E-state index in [1.807, 2.05) is 53.0 Å². The average Bonchev–Trinajstić information content (AvgIpc) is 3.54. The van der Waals surface area contributed by atoms with Crippen molar-refractivity contribution < 1.29 is 38.5 Å². The number of hydrogen-bond acceptors (Lipinski definition) is 12. The van der Waals surface area contributed by atoms with Crippen LogP contribution in [0.3, 0.4) is 0 Å². The first-order chi connectivity index (χ1) is 29.9. The van der Waals surface area contributed by atoms with E-state index in [9.17, 15) is 24.3 Å². The van der Waals surface area contributed by atoms with Crippen LogP contribution in [0.5, 0.6) is 11.5 Å². The second kappa shape index (κ2) is 19.4. The number of carboxylic acids is 1. The average molecular weight is 911 g/mol. The Kier molecular flexibility index (Phi) is 14.3. The number of halogens is 1. The van der Waals surface area contributed by atoms with Crippen LogP contribution < -0.4 is 25.4 Å². The molecule has 3 amide bonds. The van der Waals surface area contributed by atoms with Crippen molar-refractivity contribution in [2.24, 2.45) is 17.3 Å². The summed E-state index contributed by atoms with van der Waals surface area (Å²) in [6.07, 6.45) is 5.32. The van der Waals surface area contributed by atoms with Gasteiger partial charge in [-0.1, -0.05) is 59.1 Å². The van der Waals surface area contributed by atoms with E-state index in [0.29, 0.717) is 64.2 Å². The number of carboxylic acid groups (broad SMARTS) is 1. The first-order valence-corrected chi connectivity index (χ1v) is 23.9. The largest absolute Gasteiger partial charge is 0.491 e. The fourth-order valence-corrected chi connectivity index (χ4v) is 10.4. The van der Waals surface area contributed by atoms with Gasteiger partial charge in [-0.15, -0.1) is 11.3 Å². The Balaban J connectivity index is 1.20. The highest BCUT2D eigenvalue weighted by atomic mass is 35.5. The number of ether oxygens (including phenoxy) is 3. The Hall–Kier alpha value is -4.41. The Labute approximate surface area is 379 Å². The molecule has 7 rings (SSSR count). The molecule has 1 aromatic carbocycles. The normalized spacial score (nSPS) is 25.5. The number of likely N-dealkylation sites (tertiary alicyclic amines) is 2. The van der Waals surface area contributed by atoms with E-state index in [1.165, 1.54) is 35.5 Å². The molecule has 3 aromatic rings. The SMILES string of the molecule is CC[C@@H]1CC1(NC(=O)[C@@H]1C[C@@H](Oc2cc(-c3csc(NC(C)C)n3)nc3c(Cl)c(OCCN4CCCCC4)ccc23)CN1C(=O)[C@@H](NC(=O)O[C@@H]1CC[C@H](C)C1)C(C)(C)C)C(=O)O. The van der Waals surface area contributed by atoms with Gasteiger partial charge in [-0.3, -0.25) is 14.5 Å². The second-order valence-electron chi connectivity index (χ2n) is 19.3. The summed E-state index contributed by atoms with van der Waals surface area (Å²) in [7, 11) is 0. The first kappa shape index (κ1) is 46.6. The minimum Gasteiger partial charge on any atom is -0.491 e. The van der Waals surface area contributed by atoms with E-state index < -0.39 is 53.0 Å². The third-order valence-electron chi connectivity index (χ3n) is 12.9. The van der Waals surface area contributed by atoms with E-state index in [2.05, 4.69) is 27.8 Å². The molecular formula is C46H64ClN7O8S. The molecule has 2 aliphatic heterocycles. The summed E-state index contributed by atoms with van der Waals surface area (Å²) in [6, 6.07) is 3.43. The highest BCUT2D eigenvalue weighted by Gasteiger charge is 2.61. The van der Waals surface area contributed by atoms with Gasteiger partial charge in [0, 0.05) is 35.8 Å². The lowest BCUT2D eigenvalue weighted by molar-refractivity contribution is -0.146. The maximum atomic E-state index is 14.8. The number of aliphatic carboxylic acids is 1. The van der Waals surface area contributed by atoms with Crippen molar-refractivity contribution in [3.63, 3.8) is 0 Å². The number of hydrogen-bond donors (Lipinski definition) is 4. The number of piperidine rings is 1. The van der Waals surface area contributed by atoms with Gasteiger partial charge in [0.1, 0.15) is 58.7 Å². The number of carbonyl (C=O) groups is 4. The van der Waals surface area contributed by atoms with Crippen molar-refractivity contribution >= 4 is 62.8 Å². The molecule has 4 aliphatic rings. The molecule has 2 aliphatic carbocycles. The van der Waals surface area contributed by atoms with Gasteiger partial charge in [-0.2, -0.15) is 0 Å². The van der Waals surface area contributed by atoms with Crippen molar-refractivity contribution in [3.8, 4) is 22.9 Å². The van der Waals surface area contributed by atoms with Gasteiger partial charge in [-0.05, 0) is 94.8 Å². The monoisotopic (exact) mass is 909 g/mol. The van der Waals surface area contributed by atoms with E-state index in [1.54, 1.807) is 12.1 Å². The minimum atomic E-state index is -1.42. The van der Waals surface area contributed by atoms with Crippen LogP contribution in [-0.4, -0.2) is 117 Å². The number of nitrogens with one attached hydrogen (secondary N) is 3. The number of thiazole rings is 1. The predicted molar refractivity (Wildman–Crippen MR) is 244 cm³/mol. The van der Waals surface area contributed by atoms with Crippen molar-refractivity contribution in [2.75, 3.05) is 38.1 Å². The second-order valence-corrected chi connectivity index (χ2v) is 20.5. The lowest BCUT2D eigenvalue weighted by Crippen LogP contribution is -2.59. The number of benzene rings is 1. The lowest BCUT2D eigenvalue weighted by Gasteiger charge is -2.35. The fraction of sp³-hybridized carbons (Fsp3) is 0.652. The predicted octanol–water partition coefficient (Wildman–Crippen LogP) is 7.74. The van der Waals surface area contributed by atoms with E-state index in [-0.39, 0.29) is 31.0 Å². The van der Waals surface area contributed by atoms with Crippen molar-refractivity contribution in [2.45, 2.75) is 142 Å². The van der Waals surface area contributed by atoms with Gasteiger partial charge in [0.2, 0.25) is 11.8 Å². The molecule has 17 heteroatoms. The standard InChI is InChI=1S/C46H64ClN7O8S/c1-8-28-23-46(28,42(57)58)52-40(55)34-21-30(24-54(34)41(56)39(45(5,6)7)51-44(59)62-29-13-12-27(4)20-29)61-36-22-32(33-25-63-43(50-33)48-26(2)3)49-38-31(36)14-15-35(37(38)47)60-19-18-53-16-10-9-11-17-53/h14-15,22,25-30,34,39H,8-13,16-21,23-24H2,1-7H3,(H,48,50)(H,51,59)(H,52,55)(H,57,58)/t27-,28+,29+,30+,34-,39+,46?/m0/s1. The zero-order valence-corrected chi connectivity index (χ0v) is 39.2. The molecular weight excluding hydrogens is 846 g/mol. The number of fused-ring (bicyclic) bond motifs is 1. The number of aromatic nitrogens is 2. The lowest BCUT2D eigenvalue weighted by atomic mass is 9.85. The van der Waals surface area contributed by atoms with E-state index in [4.69, 9.17) is 35.8 Å². The molecule has 344 valence electrons. The highest BCUT2D eigenvalue weighted by molar-refractivity contribution is 7.14. The molecule has 0 radical (unpaired) electrons. The van der Waals surface area contributed by atoms with Gasteiger partial charge in [0.15, 0.2) is 5.13 Å². The van der Waals surface area contributed by atoms with Gasteiger partial charge in [0.25, 0.3) is 0 Å². The zero-order valence-electron chi connectivity index (χ0n) is 37.6. The van der Waals surface area contributed by atoms with Crippen molar-refractivity contribution in [1.29, 1.82) is 0 Å². The summed E-state index contributed by atoms with van der Waals surface area (Å²) in [5.74, 6) is -1.10. The van der Waals surface area contributed by atoms with Gasteiger partial charge in [0.05, 0.1) is 17.8 Å². The number of nitrogens with zero attached hydrogens (tertiary/aromatic N) is 4. The Morgan fingerprint density at radius 1 is 1.03 bits per heavy atom. The van der Waals surface area contributed by atoms with Gasteiger partial charge >= 0.3 is 12.1 Å². The number of rotatable bonds is 16. The minimum absolute atomic E-state index is 0.0264. The summed E-state index contributed by atoms with van der Waals surface area (Å²) in [4.78, 5) is 68.6. The van der Waals surface area contributed by atoms with Crippen LogP contribution in [0.15, 0.2) is 23.6 Å². The first-order valence-electron chi connectivity index (χ1n) is 22.7. The molecule has 4 fully saturated rings. The molecule has 15 nitrogen and oxygen atoms in total. The molecule has 0 bridgehead atoms. The fourth-order valence-electron chi connectivity index (χ4n) is 9.25.